The lowest BCUT2D eigenvalue weighted by atomic mass is 9.96. The highest BCUT2D eigenvalue weighted by Gasteiger charge is 2.18. The number of halogens is 1. The number of hydrogen-bond donors (Lipinski definition) is 2. The molecule has 0 aliphatic rings. The molecule has 0 radical (unpaired) electrons. The van der Waals surface area contributed by atoms with Gasteiger partial charge in [0.25, 0.3) is 0 Å². The Labute approximate surface area is 162 Å². The van der Waals surface area contributed by atoms with Crippen LogP contribution in [0, 0.1) is 0 Å². The van der Waals surface area contributed by atoms with E-state index in [1.165, 1.54) is 0 Å². The zero-order valence-electron chi connectivity index (χ0n) is 14.6. The third-order valence-corrected chi connectivity index (χ3v) is 4.88. The standard InChI is InChI=1S/C22H22BrNO2/c1-26-20-13-7-17(8-14-20)22(25)15-21(16-5-3-2-4-6-16)24-19-11-9-18(23)10-12-19/h2-14,21-22,24-25H,15H2,1H3. The summed E-state index contributed by atoms with van der Waals surface area (Å²) < 4.78 is 6.23. The van der Waals surface area contributed by atoms with Crippen LogP contribution in [0.25, 0.3) is 0 Å². The van der Waals surface area contributed by atoms with E-state index in [0.29, 0.717) is 6.42 Å². The van der Waals surface area contributed by atoms with Gasteiger partial charge in [-0.25, -0.2) is 0 Å². The Bertz CT molecular complexity index is 804. The molecule has 0 fully saturated rings. The third-order valence-electron chi connectivity index (χ3n) is 4.35. The molecule has 0 amide bonds. The van der Waals surface area contributed by atoms with Crippen molar-refractivity contribution < 1.29 is 9.84 Å². The maximum atomic E-state index is 10.7. The first kappa shape index (κ1) is 18.5. The molecule has 0 aliphatic carbocycles. The molecule has 3 nitrogen and oxygen atoms in total. The number of aliphatic hydroxyl groups excluding tert-OH is 1. The first-order valence-corrected chi connectivity index (χ1v) is 9.34. The van der Waals surface area contributed by atoms with Crippen LogP contribution in [0.3, 0.4) is 0 Å². The fourth-order valence-corrected chi connectivity index (χ4v) is 3.16. The predicted molar refractivity (Wildman–Crippen MR) is 110 cm³/mol. The van der Waals surface area contributed by atoms with Gasteiger partial charge in [0, 0.05) is 16.6 Å². The second-order valence-electron chi connectivity index (χ2n) is 6.14. The molecule has 0 aromatic heterocycles. The molecule has 26 heavy (non-hydrogen) atoms. The number of ether oxygens (including phenoxy) is 1. The van der Waals surface area contributed by atoms with Crippen molar-refractivity contribution in [3.63, 3.8) is 0 Å². The number of aliphatic hydroxyl groups is 1. The van der Waals surface area contributed by atoms with Gasteiger partial charge < -0.3 is 15.2 Å². The fraction of sp³-hybridized carbons (Fsp3) is 0.182. The smallest absolute Gasteiger partial charge is 0.118 e. The molecule has 134 valence electrons. The Kier molecular flexibility index (Phi) is 6.31. The van der Waals surface area contributed by atoms with Crippen molar-refractivity contribution in [3.8, 4) is 5.75 Å². The zero-order chi connectivity index (χ0) is 18.4. The van der Waals surface area contributed by atoms with Gasteiger partial charge in [-0.05, 0) is 47.5 Å². The molecule has 3 rings (SSSR count). The molecule has 0 saturated heterocycles. The van der Waals surface area contributed by atoms with E-state index in [4.69, 9.17) is 4.74 Å². The van der Waals surface area contributed by atoms with Gasteiger partial charge in [-0.3, -0.25) is 0 Å². The highest BCUT2D eigenvalue weighted by Crippen LogP contribution is 2.30. The third kappa shape index (κ3) is 4.87. The van der Waals surface area contributed by atoms with Crippen LogP contribution in [0.1, 0.15) is 29.7 Å². The van der Waals surface area contributed by atoms with Crippen molar-refractivity contribution in [2.45, 2.75) is 18.6 Å². The molecule has 0 aliphatic heterocycles. The van der Waals surface area contributed by atoms with E-state index in [0.717, 1.165) is 27.0 Å². The Morgan fingerprint density at radius 3 is 2.15 bits per heavy atom. The van der Waals surface area contributed by atoms with Crippen LogP contribution in [0.15, 0.2) is 83.3 Å². The summed E-state index contributed by atoms with van der Waals surface area (Å²) in [5, 5.41) is 14.3. The number of benzene rings is 3. The maximum Gasteiger partial charge on any atom is 0.118 e. The lowest BCUT2D eigenvalue weighted by molar-refractivity contribution is 0.160. The summed E-state index contributed by atoms with van der Waals surface area (Å²) in [5.74, 6) is 0.786. The van der Waals surface area contributed by atoms with E-state index in [1.807, 2.05) is 66.7 Å². The van der Waals surface area contributed by atoms with Crippen molar-refractivity contribution in [3.05, 3.63) is 94.5 Å². The lowest BCUT2D eigenvalue weighted by Gasteiger charge is -2.24. The van der Waals surface area contributed by atoms with E-state index in [9.17, 15) is 5.11 Å². The van der Waals surface area contributed by atoms with Gasteiger partial charge >= 0.3 is 0 Å². The molecule has 2 atom stereocenters. The van der Waals surface area contributed by atoms with Gasteiger partial charge in [0.2, 0.25) is 0 Å². The summed E-state index contributed by atoms with van der Waals surface area (Å²) >= 11 is 3.46. The summed E-state index contributed by atoms with van der Waals surface area (Å²) in [6.07, 6.45) is -0.0130. The van der Waals surface area contributed by atoms with Crippen molar-refractivity contribution in [1.29, 1.82) is 0 Å². The van der Waals surface area contributed by atoms with Crippen LogP contribution >= 0.6 is 15.9 Å². The number of hydrogen-bond acceptors (Lipinski definition) is 3. The minimum atomic E-state index is -0.575. The molecule has 2 unspecified atom stereocenters. The number of nitrogens with one attached hydrogen (secondary N) is 1. The monoisotopic (exact) mass is 411 g/mol. The van der Waals surface area contributed by atoms with Gasteiger partial charge in [-0.2, -0.15) is 0 Å². The minimum Gasteiger partial charge on any atom is -0.497 e. The van der Waals surface area contributed by atoms with Crippen molar-refractivity contribution in [1.82, 2.24) is 0 Å². The summed E-state index contributed by atoms with van der Waals surface area (Å²) in [7, 11) is 1.64. The van der Waals surface area contributed by atoms with Crippen LogP contribution in [0.2, 0.25) is 0 Å². The summed E-state index contributed by atoms with van der Waals surface area (Å²) in [6, 6.07) is 25.8. The molecular weight excluding hydrogens is 390 g/mol. The van der Waals surface area contributed by atoms with E-state index in [1.54, 1.807) is 7.11 Å². The van der Waals surface area contributed by atoms with E-state index < -0.39 is 6.10 Å². The number of rotatable bonds is 7. The van der Waals surface area contributed by atoms with E-state index in [-0.39, 0.29) is 6.04 Å². The first-order chi connectivity index (χ1) is 12.7. The highest BCUT2D eigenvalue weighted by molar-refractivity contribution is 9.10. The Morgan fingerprint density at radius 2 is 1.54 bits per heavy atom. The molecule has 4 heteroatoms. The largest absolute Gasteiger partial charge is 0.497 e. The molecule has 3 aromatic carbocycles. The number of anilines is 1. The molecule has 2 N–H and O–H groups in total. The summed E-state index contributed by atoms with van der Waals surface area (Å²) in [4.78, 5) is 0. The first-order valence-electron chi connectivity index (χ1n) is 8.55. The normalized spacial score (nSPS) is 13.0. The molecule has 3 aromatic rings. The van der Waals surface area contributed by atoms with Gasteiger partial charge in [-0.15, -0.1) is 0 Å². The van der Waals surface area contributed by atoms with Crippen LogP contribution in [0.4, 0.5) is 5.69 Å². The summed E-state index contributed by atoms with van der Waals surface area (Å²) in [5.41, 5.74) is 3.04. The predicted octanol–water partition coefficient (Wildman–Crippen LogP) is 5.73. The van der Waals surface area contributed by atoms with Gasteiger partial charge in [-0.1, -0.05) is 58.4 Å². The molecular formula is C22H22BrNO2. The molecule has 0 saturated carbocycles. The maximum absolute atomic E-state index is 10.7. The lowest BCUT2D eigenvalue weighted by Crippen LogP contribution is -2.14. The van der Waals surface area contributed by atoms with Gasteiger partial charge in [0.15, 0.2) is 0 Å². The zero-order valence-corrected chi connectivity index (χ0v) is 16.2. The summed E-state index contributed by atoms with van der Waals surface area (Å²) in [6.45, 7) is 0. The molecule has 0 spiro atoms. The highest BCUT2D eigenvalue weighted by atomic mass is 79.9. The Hall–Kier alpha value is -2.30. The van der Waals surface area contributed by atoms with Crippen molar-refractivity contribution >= 4 is 21.6 Å². The van der Waals surface area contributed by atoms with Crippen molar-refractivity contribution in [2.24, 2.45) is 0 Å². The van der Waals surface area contributed by atoms with Crippen molar-refractivity contribution in [2.75, 3.05) is 12.4 Å². The van der Waals surface area contributed by atoms with Crippen LogP contribution < -0.4 is 10.1 Å². The minimum absolute atomic E-state index is 0.00511. The van der Waals surface area contributed by atoms with E-state index in [2.05, 4.69) is 33.4 Å². The second kappa shape index (κ2) is 8.88. The Morgan fingerprint density at radius 1 is 0.885 bits per heavy atom. The SMILES string of the molecule is COc1ccc(C(O)CC(Nc2ccc(Br)cc2)c2ccccc2)cc1. The average molecular weight is 412 g/mol. The fourth-order valence-electron chi connectivity index (χ4n) is 2.90. The van der Waals surface area contributed by atoms with Crippen LogP contribution in [-0.2, 0) is 0 Å². The van der Waals surface area contributed by atoms with Gasteiger partial charge in [0.1, 0.15) is 5.75 Å². The van der Waals surface area contributed by atoms with E-state index >= 15 is 0 Å². The second-order valence-corrected chi connectivity index (χ2v) is 7.05. The van der Waals surface area contributed by atoms with Gasteiger partial charge in [0.05, 0.1) is 19.3 Å². The number of methoxy groups -OCH3 is 1. The Balaban J connectivity index is 1.79. The van der Waals surface area contributed by atoms with Crippen LogP contribution in [0.5, 0.6) is 5.75 Å². The quantitative estimate of drug-likeness (QED) is 0.521. The average Bonchev–Trinajstić information content (AvgIpc) is 2.70. The molecule has 0 heterocycles. The molecule has 0 bridgehead atoms. The topological polar surface area (TPSA) is 41.5 Å². The van der Waals surface area contributed by atoms with Crippen LogP contribution in [-0.4, -0.2) is 12.2 Å².